The van der Waals surface area contributed by atoms with Crippen molar-refractivity contribution < 1.29 is 1.43 Å². The van der Waals surface area contributed by atoms with Gasteiger partial charge in [0.2, 0.25) is 0 Å². The van der Waals surface area contributed by atoms with Crippen LogP contribution in [-0.2, 0) is 0 Å². The second-order valence-electron chi connectivity index (χ2n) is 4.64. The maximum atomic E-state index is 5.39. The first-order valence-electron chi connectivity index (χ1n) is 6.37. The Morgan fingerprint density at radius 1 is 1.00 bits per heavy atom. The minimum atomic E-state index is 0. The van der Waals surface area contributed by atoms with Crippen LogP contribution in [0.3, 0.4) is 0 Å². The Hall–Kier alpha value is -2.00. The Kier molecular flexibility index (Phi) is 3.85. The van der Waals surface area contributed by atoms with Crippen molar-refractivity contribution >= 4 is 0 Å². The second kappa shape index (κ2) is 5.56. The van der Waals surface area contributed by atoms with Gasteiger partial charge in [0.25, 0.3) is 0 Å². The van der Waals surface area contributed by atoms with E-state index >= 15 is 0 Å². The minimum absolute atomic E-state index is 0. The lowest BCUT2D eigenvalue weighted by molar-refractivity contribution is 0.777. The predicted molar refractivity (Wildman–Crippen MR) is 78.8 cm³/mol. The number of hydrogen-bond donors (Lipinski definition) is 0. The fourth-order valence-corrected chi connectivity index (χ4v) is 2.27. The van der Waals surface area contributed by atoms with Gasteiger partial charge in [-0.05, 0) is 36.6 Å². The molecule has 0 heteroatoms. The summed E-state index contributed by atoms with van der Waals surface area (Å²) in [6, 6.07) is 17.1. The fraction of sp³-hybridized carbons (Fsp3) is 0.222. The topological polar surface area (TPSA) is 0 Å². The third kappa shape index (κ3) is 2.63. The van der Waals surface area contributed by atoms with Crippen LogP contribution in [0.15, 0.2) is 48.5 Å². The Balaban J connectivity index is 0.00000180. The molecule has 1 atom stereocenters. The molecule has 0 spiro atoms. The maximum Gasteiger partial charge on any atom is 0.0242 e. The summed E-state index contributed by atoms with van der Waals surface area (Å²) in [7, 11) is 0. The third-order valence-electron chi connectivity index (χ3n) is 3.37. The Morgan fingerprint density at radius 3 is 1.94 bits per heavy atom. The van der Waals surface area contributed by atoms with E-state index in [0.29, 0.717) is 5.92 Å². The van der Waals surface area contributed by atoms with Gasteiger partial charge in [0.1, 0.15) is 0 Å². The number of aryl methyl sites for hydroxylation is 1. The van der Waals surface area contributed by atoms with Gasteiger partial charge in [-0.25, -0.2) is 0 Å². The van der Waals surface area contributed by atoms with E-state index in [1.807, 2.05) is 12.1 Å². The molecular weight excluding hydrogens is 216 g/mol. The van der Waals surface area contributed by atoms with Crippen LogP contribution in [-0.4, -0.2) is 0 Å². The SMILES string of the molecule is C#Cc1ccc(C(CC)c2ccc(C)cc2)cc1.[H]. The second-order valence-corrected chi connectivity index (χ2v) is 4.64. The molecule has 0 amide bonds. The fourth-order valence-electron chi connectivity index (χ4n) is 2.27. The van der Waals surface area contributed by atoms with Gasteiger partial charge in [-0.1, -0.05) is 54.8 Å². The molecule has 0 N–H and O–H groups in total. The highest BCUT2D eigenvalue weighted by atomic mass is 14.2. The minimum Gasteiger partial charge on any atom is -0.115 e. The van der Waals surface area contributed by atoms with Crippen LogP contribution in [0.1, 0.15) is 42.9 Å². The zero-order valence-electron chi connectivity index (χ0n) is 12.0. The highest BCUT2D eigenvalue weighted by Crippen LogP contribution is 2.28. The number of hydrogen-bond acceptors (Lipinski definition) is 0. The van der Waals surface area contributed by atoms with E-state index in [9.17, 15) is 0 Å². The molecule has 0 fully saturated rings. The van der Waals surface area contributed by atoms with Crippen LogP contribution in [0, 0.1) is 19.3 Å². The summed E-state index contributed by atoms with van der Waals surface area (Å²) in [5.41, 5.74) is 4.95. The van der Waals surface area contributed by atoms with Crippen LogP contribution < -0.4 is 0 Å². The molecule has 0 saturated heterocycles. The molecule has 2 aromatic rings. The van der Waals surface area contributed by atoms with Crippen molar-refractivity contribution in [2.75, 3.05) is 0 Å². The van der Waals surface area contributed by atoms with Gasteiger partial charge in [0.05, 0.1) is 0 Å². The molecule has 0 aliphatic rings. The van der Waals surface area contributed by atoms with Crippen molar-refractivity contribution in [2.45, 2.75) is 26.2 Å². The normalized spacial score (nSPS) is 11.8. The van der Waals surface area contributed by atoms with Gasteiger partial charge < -0.3 is 0 Å². The molecule has 0 aromatic heterocycles. The summed E-state index contributed by atoms with van der Waals surface area (Å²) in [6.07, 6.45) is 6.48. The summed E-state index contributed by atoms with van der Waals surface area (Å²) < 4.78 is 0. The molecular formula is C18H19. The molecule has 0 aliphatic heterocycles. The number of benzene rings is 2. The molecule has 1 radical (unpaired) electrons. The molecule has 2 rings (SSSR count). The smallest absolute Gasteiger partial charge is 0.0242 e. The van der Waals surface area contributed by atoms with E-state index in [1.54, 1.807) is 0 Å². The van der Waals surface area contributed by atoms with Gasteiger partial charge in [0, 0.05) is 12.9 Å². The lowest BCUT2D eigenvalue weighted by Gasteiger charge is -2.16. The zero-order chi connectivity index (χ0) is 13.0. The van der Waals surface area contributed by atoms with E-state index in [0.717, 1.165) is 12.0 Å². The van der Waals surface area contributed by atoms with Crippen LogP contribution in [0.2, 0.25) is 0 Å². The maximum absolute atomic E-state index is 5.39. The summed E-state index contributed by atoms with van der Waals surface area (Å²) in [6.45, 7) is 4.34. The quantitative estimate of drug-likeness (QED) is 0.680. The monoisotopic (exact) mass is 235 g/mol. The molecule has 0 bridgehead atoms. The van der Waals surface area contributed by atoms with Gasteiger partial charge >= 0.3 is 0 Å². The predicted octanol–water partition coefficient (Wildman–Crippen LogP) is 4.63. The van der Waals surface area contributed by atoms with E-state index in [-0.39, 0.29) is 1.43 Å². The first-order valence-corrected chi connectivity index (χ1v) is 6.37. The molecule has 0 heterocycles. The van der Waals surface area contributed by atoms with E-state index < -0.39 is 0 Å². The first kappa shape index (κ1) is 12.5. The van der Waals surface area contributed by atoms with Gasteiger partial charge in [0.15, 0.2) is 0 Å². The number of terminal acetylenes is 1. The average molecular weight is 235 g/mol. The highest BCUT2D eigenvalue weighted by Gasteiger charge is 2.11. The average Bonchev–Trinajstić information content (AvgIpc) is 2.42. The van der Waals surface area contributed by atoms with Crippen molar-refractivity contribution in [3.8, 4) is 12.3 Å². The van der Waals surface area contributed by atoms with Crippen LogP contribution in [0.25, 0.3) is 0 Å². The van der Waals surface area contributed by atoms with Gasteiger partial charge in [-0.2, -0.15) is 0 Å². The number of rotatable bonds is 3. The Morgan fingerprint density at radius 2 is 1.50 bits per heavy atom. The largest absolute Gasteiger partial charge is 0.115 e. The Labute approximate surface area is 111 Å². The molecule has 0 saturated carbocycles. The molecule has 0 nitrogen and oxygen atoms in total. The van der Waals surface area contributed by atoms with Crippen molar-refractivity contribution in [1.82, 2.24) is 0 Å². The van der Waals surface area contributed by atoms with Crippen LogP contribution in [0.4, 0.5) is 0 Å². The molecule has 2 aromatic carbocycles. The van der Waals surface area contributed by atoms with Crippen molar-refractivity contribution in [3.05, 3.63) is 70.8 Å². The Bertz CT molecular complexity index is 544. The lowest BCUT2D eigenvalue weighted by Crippen LogP contribution is -1.99. The van der Waals surface area contributed by atoms with Crippen molar-refractivity contribution in [1.29, 1.82) is 0 Å². The lowest BCUT2D eigenvalue weighted by atomic mass is 9.88. The van der Waals surface area contributed by atoms with Crippen molar-refractivity contribution in [2.24, 2.45) is 0 Å². The summed E-state index contributed by atoms with van der Waals surface area (Å²) in [4.78, 5) is 0. The molecule has 0 aliphatic carbocycles. The molecule has 18 heavy (non-hydrogen) atoms. The van der Waals surface area contributed by atoms with E-state index in [2.05, 4.69) is 56.2 Å². The van der Waals surface area contributed by atoms with Gasteiger partial charge in [-0.3, -0.25) is 0 Å². The zero-order valence-corrected chi connectivity index (χ0v) is 11.0. The third-order valence-corrected chi connectivity index (χ3v) is 3.37. The molecule has 91 valence electrons. The molecule has 1 unspecified atom stereocenters. The van der Waals surface area contributed by atoms with Crippen LogP contribution >= 0.6 is 0 Å². The summed E-state index contributed by atoms with van der Waals surface area (Å²) >= 11 is 0. The van der Waals surface area contributed by atoms with Crippen molar-refractivity contribution in [3.63, 3.8) is 0 Å². The summed E-state index contributed by atoms with van der Waals surface area (Å²) in [5.74, 6) is 3.11. The first-order chi connectivity index (χ1) is 8.74. The van der Waals surface area contributed by atoms with Crippen LogP contribution in [0.5, 0.6) is 0 Å². The van der Waals surface area contributed by atoms with E-state index in [1.165, 1.54) is 16.7 Å². The van der Waals surface area contributed by atoms with Gasteiger partial charge in [-0.15, -0.1) is 6.42 Å². The highest BCUT2D eigenvalue weighted by molar-refractivity contribution is 5.39. The summed E-state index contributed by atoms with van der Waals surface area (Å²) in [5, 5.41) is 0. The van der Waals surface area contributed by atoms with E-state index in [4.69, 9.17) is 6.42 Å². The standard InChI is InChI=1S/C18H18.H/c1-4-15-8-12-17(13-9-15)18(5-2)16-10-6-14(3)7-11-16;/h1,6-13,18H,5H2,2-3H3;.